The van der Waals surface area contributed by atoms with Gasteiger partial charge in [0, 0.05) is 13.0 Å². The number of piperidine rings is 1. The largest absolute Gasteiger partial charge is 0.346 e. The molecule has 2 fully saturated rings. The van der Waals surface area contributed by atoms with Gasteiger partial charge in [-0.15, -0.1) is 0 Å². The fourth-order valence-electron chi connectivity index (χ4n) is 2.71. The normalized spacial score (nSPS) is 22.8. The molecule has 1 aromatic carbocycles. The average Bonchev–Trinajstić information content (AvgIpc) is 2.89. The van der Waals surface area contributed by atoms with E-state index in [4.69, 9.17) is 9.47 Å². The molecule has 0 saturated carbocycles. The maximum absolute atomic E-state index is 13.8. The Labute approximate surface area is 121 Å². The third kappa shape index (κ3) is 2.57. The molecular formula is C13H15F2NO4S. The Kier molecular flexibility index (Phi) is 3.73. The molecule has 116 valence electrons. The highest BCUT2D eigenvalue weighted by molar-refractivity contribution is 7.89. The fourth-order valence-corrected chi connectivity index (χ4v) is 4.30. The lowest BCUT2D eigenvalue weighted by molar-refractivity contribution is -0.179. The standard InChI is InChI=1S/C13H15F2NO4S/c14-10-3-1-4-11(12(10)15)21(17,18)16-6-2-5-13(9-16)19-7-8-20-13/h1,3-4H,2,5-9H2. The predicted molar refractivity (Wildman–Crippen MR) is 69.0 cm³/mol. The van der Waals surface area contributed by atoms with E-state index in [1.165, 1.54) is 6.07 Å². The lowest BCUT2D eigenvalue weighted by atomic mass is 10.1. The van der Waals surface area contributed by atoms with E-state index < -0.39 is 32.3 Å². The molecule has 1 aromatic rings. The van der Waals surface area contributed by atoms with Crippen LogP contribution in [0.5, 0.6) is 0 Å². The van der Waals surface area contributed by atoms with E-state index in [1.54, 1.807) is 0 Å². The Morgan fingerprint density at radius 2 is 1.90 bits per heavy atom. The quantitative estimate of drug-likeness (QED) is 0.829. The van der Waals surface area contributed by atoms with Gasteiger partial charge in [-0.25, -0.2) is 17.2 Å². The molecule has 5 nitrogen and oxygen atoms in total. The molecule has 8 heteroatoms. The minimum Gasteiger partial charge on any atom is -0.346 e. The van der Waals surface area contributed by atoms with Crippen molar-refractivity contribution in [1.82, 2.24) is 4.31 Å². The van der Waals surface area contributed by atoms with E-state index in [2.05, 4.69) is 0 Å². The molecular weight excluding hydrogens is 304 g/mol. The van der Waals surface area contributed by atoms with Gasteiger partial charge in [0.15, 0.2) is 17.4 Å². The van der Waals surface area contributed by atoms with Crippen molar-refractivity contribution in [1.29, 1.82) is 0 Å². The number of hydrogen-bond donors (Lipinski definition) is 0. The van der Waals surface area contributed by atoms with Crippen LogP contribution in [-0.2, 0) is 19.5 Å². The zero-order chi connectivity index (χ0) is 15.1. The first-order chi connectivity index (χ1) is 9.95. The minimum atomic E-state index is -4.12. The first-order valence-corrected chi connectivity index (χ1v) is 8.11. The molecule has 0 N–H and O–H groups in total. The average molecular weight is 319 g/mol. The van der Waals surface area contributed by atoms with Crippen molar-refractivity contribution in [2.75, 3.05) is 26.3 Å². The Morgan fingerprint density at radius 1 is 1.19 bits per heavy atom. The number of rotatable bonds is 2. The Bertz CT molecular complexity index is 644. The molecule has 0 radical (unpaired) electrons. The summed E-state index contributed by atoms with van der Waals surface area (Å²) in [6.07, 6.45) is 1.13. The molecule has 2 heterocycles. The molecule has 0 aliphatic carbocycles. The van der Waals surface area contributed by atoms with Gasteiger partial charge < -0.3 is 9.47 Å². The highest BCUT2D eigenvalue weighted by Gasteiger charge is 2.44. The van der Waals surface area contributed by atoms with Crippen LogP contribution < -0.4 is 0 Å². The zero-order valence-corrected chi connectivity index (χ0v) is 12.0. The van der Waals surface area contributed by atoms with Crippen LogP contribution in [0.1, 0.15) is 12.8 Å². The fraction of sp³-hybridized carbons (Fsp3) is 0.538. The smallest absolute Gasteiger partial charge is 0.246 e. The van der Waals surface area contributed by atoms with Crippen LogP contribution in [0.4, 0.5) is 8.78 Å². The topological polar surface area (TPSA) is 55.8 Å². The van der Waals surface area contributed by atoms with Crippen LogP contribution in [0.25, 0.3) is 0 Å². The maximum Gasteiger partial charge on any atom is 0.246 e. The second-order valence-corrected chi connectivity index (χ2v) is 7.01. The summed E-state index contributed by atoms with van der Waals surface area (Å²) in [6, 6.07) is 3.12. The van der Waals surface area contributed by atoms with Crippen LogP contribution in [0, 0.1) is 11.6 Å². The SMILES string of the molecule is O=S(=O)(c1cccc(F)c1F)N1CCCC2(C1)OCCO2. The van der Waals surface area contributed by atoms with Crippen LogP contribution in [0.3, 0.4) is 0 Å². The Hall–Kier alpha value is -1.09. The molecule has 0 aromatic heterocycles. The van der Waals surface area contributed by atoms with Crippen LogP contribution in [0.15, 0.2) is 23.1 Å². The molecule has 0 unspecified atom stereocenters. The van der Waals surface area contributed by atoms with Crippen LogP contribution >= 0.6 is 0 Å². The van der Waals surface area contributed by atoms with E-state index in [-0.39, 0.29) is 13.1 Å². The zero-order valence-electron chi connectivity index (χ0n) is 11.2. The van der Waals surface area contributed by atoms with E-state index in [1.807, 2.05) is 0 Å². The minimum absolute atomic E-state index is 0.00864. The van der Waals surface area contributed by atoms with Crippen molar-refractivity contribution in [2.24, 2.45) is 0 Å². The number of nitrogens with zero attached hydrogens (tertiary/aromatic N) is 1. The summed E-state index contributed by atoms with van der Waals surface area (Å²) in [4.78, 5) is -0.655. The summed E-state index contributed by atoms with van der Waals surface area (Å²) in [7, 11) is -4.12. The van der Waals surface area contributed by atoms with E-state index >= 15 is 0 Å². The third-order valence-corrected chi connectivity index (χ3v) is 5.59. The Morgan fingerprint density at radius 3 is 2.62 bits per heavy atom. The van der Waals surface area contributed by atoms with Crippen molar-refractivity contribution in [3.63, 3.8) is 0 Å². The lowest BCUT2D eigenvalue weighted by Crippen LogP contribution is -2.51. The van der Waals surface area contributed by atoms with Gasteiger partial charge in [0.05, 0.1) is 19.8 Å². The van der Waals surface area contributed by atoms with Gasteiger partial charge >= 0.3 is 0 Å². The number of hydrogen-bond acceptors (Lipinski definition) is 4. The highest BCUT2D eigenvalue weighted by Crippen LogP contribution is 2.33. The van der Waals surface area contributed by atoms with Crippen molar-refractivity contribution in [2.45, 2.75) is 23.5 Å². The second-order valence-electron chi connectivity index (χ2n) is 5.10. The number of sulfonamides is 1. The first kappa shape index (κ1) is 14.8. The number of ether oxygens (including phenoxy) is 2. The van der Waals surface area contributed by atoms with Crippen LogP contribution in [-0.4, -0.2) is 44.8 Å². The monoisotopic (exact) mass is 319 g/mol. The first-order valence-electron chi connectivity index (χ1n) is 6.67. The molecule has 2 aliphatic rings. The molecule has 1 spiro atoms. The van der Waals surface area contributed by atoms with Gasteiger partial charge in [-0.05, 0) is 18.6 Å². The summed E-state index contributed by atoms with van der Waals surface area (Å²) < 4.78 is 64.2. The summed E-state index contributed by atoms with van der Waals surface area (Å²) in [6.45, 7) is 1.03. The van der Waals surface area contributed by atoms with Gasteiger partial charge in [-0.2, -0.15) is 4.31 Å². The predicted octanol–water partition coefficient (Wildman–Crippen LogP) is 1.49. The van der Waals surface area contributed by atoms with E-state index in [0.717, 1.165) is 16.4 Å². The molecule has 0 amide bonds. The molecule has 2 aliphatic heterocycles. The van der Waals surface area contributed by atoms with Gasteiger partial charge in [0.25, 0.3) is 0 Å². The van der Waals surface area contributed by atoms with E-state index in [0.29, 0.717) is 26.1 Å². The van der Waals surface area contributed by atoms with Crippen molar-refractivity contribution in [3.05, 3.63) is 29.8 Å². The van der Waals surface area contributed by atoms with Crippen molar-refractivity contribution in [3.8, 4) is 0 Å². The molecule has 0 bridgehead atoms. The van der Waals surface area contributed by atoms with Crippen LogP contribution in [0.2, 0.25) is 0 Å². The summed E-state index contributed by atoms with van der Waals surface area (Å²) in [5.74, 6) is -3.49. The van der Waals surface area contributed by atoms with Gasteiger partial charge in [-0.1, -0.05) is 6.07 Å². The van der Waals surface area contributed by atoms with Crippen molar-refractivity contribution >= 4 is 10.0 Å². The second kappa shape index (κ2) is 5.28. The summed E-state index contributed by atoms with van der Waals surface area (Å²) in [5.41, 5.74) is 0. The van der Waals surface area contributed by atoms with Crippen molar-refractivity contribution < 1.29 is 26.7 Å². The molecule has 21 heavy (non-hydrogen) atoms. The number of benzene rings is 1. The number of halogens is 2. The van der Waals surface area contributed by atoms with Gasteiger partial charge in [-0.3, -0.25) is 0 Å². The highest BCUT2D eigenvalue weighted by atomic mass is 32.2. The third-order valence-electron chi connectivity index (χ3n) is 3.73. The summed E-state index contributed by atoms with van der Waals surface area (Å²) >= 11 is 0. The van der Waals surface area contributed by atoms with Gasteiger partial charge in [0.2, 0.25) is 10.0 Å². The summed E-state index contributed by atoms with van der Waals surface area (Å²) in [5, 5.41) is 0. The molecule has 2 saturated heterocycles. The molecule has 0 atom stereocenters. The van der Waals surface area contributed by atoms with E-state index in [9.17, 15) is 17.2 Å². The molecule has 3 rings (SSSR count). The van der Waals surface area contributed by atoms with Gasteiger partial charge in [0.1, 0.15) is 4.90 Å². The Balaban J connectivity index is 1.93. The maximum atomic E-state index is 13.8. The lowest BCUT2D eigenvalue weighted by Gasteiger charge is -2.37.